The number of anilines is 1. The summed E-state index contributed by atoms with van der Waals surface area (Å²) in [5.74, 6) is -1.67. The Bertz CT molecular complexity index is 643. The Balaban J connectivity index is 1.97. The Kier molecular flexibility index (Phi) is 3.63. The number of hydrogen-bond acceptors (Lipinski definition) is 3. The van der Waals surface area contributed by atoms with Gasteiger partial charge >= 0.3 is 0 Å². The first kappa shape index (κ1) is 14.0. The second-order valence-electron chi connectivity index (χ2n) is 5.19. The van der Waals surface area contributed by atoms with Gasteiger partial charge in [-0.2, -0.15) is 11.3 Å². The first-order valence-electron chi connectivity index (χ1n) is 6.67. The molecule has 3 rings (SSSR count). The highest BCUT2D eigenvalue weighted by Crippen LogP contribution is 2.36. The zero-order valence-electron chi connectivity index (χ0n) is 11.3. The van der Waals surface area contributed by atoms with Crippen LogP contribution in [0.25, 0.3) is 0 Å². The molecule has 0 atom stereocenters. The second-order valence-corrected chi connectivity index (χ2v) is 5.97. The van der Waals surface area contributed by atoms with Crippen LogP contribution in [-0.4, -0.2) is 11.9 Å². The van der Waals surface area contributed by atoms with Gasteiger partial charge in [0.1, 0.15) is 23.2 Å². The van der Waals surface area contributed by atoms with E-state index in [1.165, 1.54) is 0 Å². The van der Waals surface area contributed by atoms with E-state index in [-0.39, 0.29) is 23.1 Å². The van der Waals surface area contributed by atoms with Crippen molar-refractivity contribution in [1.29, 1.82) is 5.41 Å². The quantitative estimate of drug-likeness (QED) is 0.656. The molecule has 6 heteroatoms. The van der Waals surface area contributed by atoms with Crippen molar-refractivity contribution in [2.45, 2.75) is 25.4 Å². The number of hydrogen-bond donors (Lipinski definition) is 2. The fourth-order valence-electron chi connectivity index (χ4n) is 2.35. The van der Waals surface area contributed by atoms with Gasteiger partial charge in [0.15, 0.2) is 0 Å². The first-order valence-corrected chi connectivity index (χ1v) is 7.61. The highest BCUT2D eigenvalue weighted by molar-refractivity contribution is 7.07. The molecule has 1 aromatic heterocycles. The highest BCUT2D eigenvalue weighted by Gasteiger charge is 2.33. The maximum Gasteiger partial charge on any atom is 0.150 e. The van der Waals surface area contributed by atoms with E-state index in [4.69, 9.17) is 11.1 Å². The summed E-state index contributed by atoms with van der Waals surface area (Å²) in [5.41, 5.74) is 6.39. The summed E-state index contributed by atoms with van der Waals surface area (Å²) < 4.78 is 28.6. The van der Waals surface area contributed by atoms with Crippen LogP contribution in [0.2, 0.25) is 0 Å². The standard InChI is InChI=1S/C15H15F2N3S/c16-12-5-10(15(18)19)6-13(17)14(12)20(11-1-2-11)7-9-3-4-21-8-9/h3-6,8,11H,1-2,7H2,(H3,18,19). The minimum atomic E-state index is -0.665. The highest BCUT2D eigenvalue weighted by atomic mass is 32.1. The van der Waals surface area contributed by atoms with Gasteiger partial charge in [-0.25, -0.2) is 8.78 Å². The smallest absolute Gasteiger partial charge is 0.150 e. The van der Waals surface area contributed by atoms with E-state index in [1.807, 2.05) is 16.8 Å². The minimum Gasteiger partial charge on any atom is -0.384 e. The Morgan fingerprint density at radius 1 is 1.33 bits per heavy atom. The monoisotopic (exact) mass is 307 g/mol. The van der Waals surface area contributed by atoms with Gasteiger partial charge in [0.05, 0.1) is 0 Å². The number of nitrogens with two attached hydrogens (primary N) is 1. The third-order valence-corrected chi connectivity index (χ3v) is 4.27. The molecule has 0 saturated heterocycles. The molecule has 1 aliphatic carbocycles. The van der Waals surface area contributed by atoms with E-state index >= 15 is 0 Å². The zero-order valence-corrected chi connectivity index (χ0v) is 12.1. The number of rotatable bonds is 5. The summed E-state index contributed by atoms with van der Waals surface area (Å²) in [7, 11) is 0. The van der Waals surface area contributed by atoms with E-state index in [0.717, 1.165) is 30.5 Å². The summed E-state index contributed by atoms with van der Waals surface area (Å²) in [6.07, 6.45) is 1.88. The fourth-order valence-corrected chi connectivity index (χ4v) is 3.01. The van der Waals surface area contributed by atoms with Crippen molar-refractivity contribution < 1.29 is 8.78 Å². The largest absolute Gasteiger partial charge is 0.384 e. The van der Waals surface area contributed by atoms with E-state index in [1.54, 1.807) is 16.2 Å². The van der Waals surface area contributed by atoms with Gasteiger partial charge < -0.3 is 10.6 Å². The summed E-state index contributed by atoms with van der Waals surface area (Å²) in [4.78, 5) is 1.77. The predicted octanol–water partition coefficient (Wildman–Crippen LogP) is 3.48. The number of benzene rings is 1. The fraction of sp³-hybridized carbons (Fsp3) is 0.267. The van der Waals surface area contributed by atoms with Crippen LogP contribution in [0, 0.1) is 17.0 Å². The minimum absolute atomic E-state index is 0.0197. The lowest BCUT2D eigenvalue weighted by Gasteiger charge is -2.25. The molecule has 1 heterocycles. The molecular formula is C15H15F2N3S. The van der Waals surface area contributed by atoms with Gasteiger partial charge in [-0.3, -0.25) is 5.41 Å². The molecule has 0 spiro atoms. The van der Waals surface area contributed by atoms with Gasteiger partial charge in [-0.05, 0) is 47.4 Å². The average molecular weight is 307 g/mol. The molecule has 3 nitrogen and oxygen atoms in total. The van der Waals surface area contributed by atoms with Crippen LogP contribution in [0.5, 0.6) is 0 Å². The van der Waals surface area contributed by atoms with Crippen LogP contribution < -0.4 is 10.6 Å². The zero-order chi connectivity index (χ0) is 15.0. The Morgan fingerprint density at radius 3 is 2.48 bits per heavy atom. The van der Waals surface area contributed by atoms with E-state index < -0.39 is 11.6 Å². The molecule has 2 aromatic rings. The van der Waals surface area contributed by atoms with Crippen molar-refractivity contribution in [3.8, 4) is 0 Å². The summed E-state index contributed by atoms with van der Waals surface area (Å²) >= 11 is 1.56. The molecule has 0 bridgehead atoms. The molecule has 110 valence electrons. The number of nitrogens with zero attached hydrogens (tertiary/aromatic N) is 1. The molecular weight excluding hydrogens is 292 g/mol. The third kappa shape index (κ3) is 2.90. The SMILES string of the molecule is N=C(N)c1cc(F)c(N(Cc2ccsc2)C2CC2)c(F)c1. The van der Waals surface area contributed by atoms with Crippen LogP contribution in [-0.2, 0) is 6.54 Å². The molecule has 1 aromatic carbocycles. The van der Waals surface area contributed by atoms with E-state index in [0.29, 0.717) is 6.54 Å². The lowest BCUT2D eigenvalue weighted by atomic mass is 10.1. The molecule has 0 amide bonds. The van der Waals surface area contributed by atoms with E-state index in [2.05, 4.69) is 0 Å². The summed E-state index contributed by atoms with van der Waals surface area (Å²) in [6, 6.07) is 4.39. The molecule has 3 N–H and O–H groups in total. The Labute approximate surface area is 125 Å². The van der Waals surface area contributed by atoms with Crippen molar-refractivity contribution in [1.82, 2.24) is 0 Å². The van der Waals surface area contributed by atoms with Crippen molar-refractivity contribution in [3.05, 3.63) is 51.7 Å². The molecule has 1 fully saturated rings. The lowest BCUT2D eigenvalue weighted by Crippen LogP contribution is -2.27. The van der Waals surface area contributed by atoms with Gasteiger partial charge in [-0.1, -0.05) is 0 Å². The number of nitrogen functional groups attached to an aromatic ring is 1. The van der Waals surface area contributed by atoms with Gasteiger partial charge in [0.2, 0.25) is 0 Å². The number of halogens is 2. The van der Waals surface area contributed by atoms with Crippen LogP contribution >= 0.6 is 11.3 Å². The van der Waals surface area contributed by atoms with Gasteiger partial charge in [0, 0.05) is 18.2 Å². The Morgan fingerprint density at radius 2 is 2.00 bits per heavy atom. The van der Waals surface area contributed by atoms with Crippen molar-refractivity contribution in [3.63, 3.8) is 0 Å². The molecule has 0 aliphatic heterocycles. The molecule has 0 radical (unpaired) electrons. The first-order chi connectivity index (χ1) is 10.1. The summed E-state index contributed by atoms with van der Waals surface area (Å²) in [6.45, 7) is 0.488. The number of thiophene rings is 1. The lowest BCUT2D eigenvalue weighted by molar-refractivity contribution is 0.567. The molecule has 21 heavy (non-hydrogen) atoms. The van der Waals surface area contributed by atoms with Crippen molar-refractivity contribution in [2.75, 3.05) is 4.90 Å². The average Bonchev–Trinajstić information content (AvgIpc) is 3.14. The Hall–Kier alpha value is -1.95. The topological polar surface area (TPSA) is 53.1 Å². The van der Waals surface area contributed by atoms with Crippen molar-refractivity contribution in [2.24, 2.45) is 5.73 Å². The van der Waals surface area contributed by atoms with Gasteiger partial charge in [0.25, 0.3) is 0 Å². The second kappa shape index (κ2) is 5.44. The maximum absolute atomic E-state index is 14.3. The van der Waals surface area contributed by atoms with Gasteiger partial charge in [-0.15, -0.1) is 0 Å². The normalized spacial score (nSPS) is 14.2. The van der Waals surface area contributed by atoms with Crippen molar-refractivity contribution >= 4 is 22.9 Å². The van der Waals surface area contributed by atoms with Crippen LogP contribution in [0.1, 0.15) is 24.0 Å². The predicted molar refractivity (Wildman–Crippen MR) is 80.9 cm³/mol. The maximum atomic E-state index is 14.3. The van der Waals surface area contributed by atoms with Crippen LogP contribution in [0.4, 0.5) is 14.5 Å². The molecule has 0 unspecified atom stereocenters. The third-order valence-electron chi connectivity index (χ3n) is 3.54. The molecule has 1 saturated carbocycles. The number of nitrogens with one attached hydrogen (secondary N) is 1. The number of amidine groups is 1. The van der Waals surface area contributed by atoms with Crippen LogP contribution in [0.15, 0.2) is 29.0 Å². The van der Waals surface area contributed by atoms with E-state index in [9.17, 15) is 8.78 Å². The summed E-state index contributed by atoms with van der Waals surface area (Å²) in [5, 5.41) is 11.2. The van der Waals surface area contributed by atoms with Crippen LogP contribution in [0.3, 0.4) is 0 Å². The molecule has 1 aliphatic rings.